The van der Waals surface area contributed by atoms with Gasteiger partial charge in [0.15, 0.2) is 0 Å². The second-order valence-electron chi connectivity index (χ2n) is 6.23. The van der Waals surface area contributed by atoms with Crippen LogP contribution in [0.1, 0.15) is 58.3 Å². The van der Waals surface area contributed by atoms with Crippen molar-refractivity contribution >= 4 is 5.97 Å². The van der Waals surface area contributed by atoms with E-state index in [9.17, 15) is 4.79 Å². The summed E-state index contributed by atoms with van der Waals surface area (Å²) >= 11 is 0. The first-order valence-corrected chi connectivity index (χ1v) is 8.16. The number of carbonyl (C=O) groups is 1. The minimum absolute atomic E-state index is 0.117. The van der Waals surface area contributed by atoms with Gasteiger partial charge in [0, 0.05) is 13.2 Å². The van der Waals surface area contributed by atoms with Crippen LogP contribution in [0, 0.1) is 5.92 Å². The first-order chi connectivity index (χ1) is 9.73. The number of carbonyl (C=O) groups excluding carboxylic acids is 1. The second-order valence-corrected chi connectivity index (χ2v) is 6.23. The van der Waals surface area contributed by atoms with E-state index in [1.807, 2.05) is 6.92 Å². The van der Waals surface area contributed by atoms with Crippen molar-refractivity contribution < 1.29 is 14.3 Å². The molecule has 2 rings (SSSR count). The monoisotopic (exact) mass is 283 g/mol. The molecule has 4 nitrogen and oxygen atoms in total. The Labute approximate surface area is 122 Å². The van der Waals surface area contributed by atoms with Gasteiger partial charge in [-0.15, -0.1) is 0 Å². The fourth-order valence-electron chi connectivity index (χ4n) is 3.41. The summed E-state index contributed by atoms with van der Waals surface area (Å²) in [7, 11) is 1.67. The van der Waals surface area contributed by atoms with Gasteiger partial charge in [-0.2, -0.15) is 0 Å². The van der Waals surface area contributed by atoms with Crippen molar-refractivity contribution in [2.75, 3.05) is 20.3 Å². The first kappa shape index (κ1) is 15.8. The van der Waals surface area contributed by atoms with Gasteiger partial charge in [0.25, 0.3) is 0 Å². The Bertz CT molecular complexity index is 309. The number of esters is 1. The highest BCUT2D eigenvalue weighted by molar-refractivity contribution is 5.82. The van der Waals surface area contributed by atoms with Crippen LogP contribution in [-0.2, 0) is 14.3 Å². The molecule has 0 bridgehead atoms. The van der Waals surface area contributed by atoms with Gasteiger partial charge < -0.3 is 9.47 Å². The minimum Gasteiger partial charge on any atom is -0.465 e. The molecule has 2 saturated carbocycles. The fraction of sp³-hybridized carbons (Fsp3) is 0.938. The van der Waals surface area contributed by atoms with Gasteiger partial charge in [-0.3, -0.25) is 5.32 Å². The van der Waals surface area contributed by atoms with Crippen LogP contribution in [0.3, 0.4) is 0 Å². The Balaban J connectivity index is 2.09. The summed E-state index contributed by atoms with van der Waals surface area (Å²) in [6.07, 6.45) is 9.68. The molecule has 4 heteroatoms. The molecule has 2 fully saturated rings. The Morgan fingerprint density at radius 2 is 1.80 bits per heavy atom. The molecule has 0 amide bonds. The van der Waals surface area contributed by atoms with E-state index in [2.05, 4.69) is 5.32 Å². The zero-order valence-corrected chi connectivity index (χ0v) is 13.0. The molecule has 2 aliphatic carbocycles. The third-order valence-corrected chi connectivity index (χ3v) is 4.60. The summed E-state index contributed by atoms with van der Waals surface area (Å²) in [6.45, 7) is 2.73. The van der Waals surface area contributed by atoms with E-state index in [1.165, 1.54) is 25.7 Å². The van der Waals surface area contributed by atoms with Crippen molar-refractivity contribution in [2.24, 2.45) is 5.92 Å². The largest absolute Gasteiger partial charge is 0.465 e. The van der Waals surface area contributed by atoms with E-state index in [-0.39, 0.29) is 5.97 Å². The van der Waals surface area contributed by atoms with Crippen LogP contribution in [0.2, 0.25) is 0 Å². The quantitative estimate of drug-likeness (QED) is 0.576. The van der Waals surface area contributed by atoms with Crippen LogP contribution in [0.4, 0.5) is 0 Å². The molecule has 2 aliphatic rings. The lowest BCUT2D eigenvalue weighted by molar-refractivity contribution is -0.155. The highest BCUT2D eigenvalue weighted by Gasteiger charge is 2.53. The summed E-state index contributed by atoms with van der Waals surface area (Å²) in [5.41, 5.74) is -0.611. The molecule has 1 N–H and O–H groups in total. The molecule has 1 unspecified atom stereocenters. The molecule has 0 radical (unpaired) electrons. The maximum atomic E-state index is 12.5. The Morgan fingerprint density at radius 1 is 1.15 bits per heavy atom. The van der Waals surface area contributed by atoms with Gasteiger partial charge in [0.2, 0.25) is 0 Å². The smallest absolute Gasteiger partial charge is 0.329 e. The lowest BCUT2D eigenvalue weighted by Gasteiger charge is -2.35. The number of ether oxygens (including phenoxy) is 2. The van der Waals surface area contributed by atoms with Gasteiger partial charge in [-0.05, 0) is 38.5 Å². The van der Waals surface area contributed by atoms with Crippen LogP contribution in [0.25, 0.3) is 0 Å². The number of hydrogen-bond donors (Lipinski definition) is 1. The van der Waals surface area contributed by atoms with Crippen molar-refractivity contribution in [1.29, 1.82) is 0 Å². The fourth-order valence-corrected chi connectivity index (χ4v) is 3.41. The lowest BCUT2D eigenvalue weighted by Crippen LogP contribution is -2.61. The average molecular weight is 283 g/mol. The predicted octanol–water partition coefficient (Wildman–Crippen LogP) is 2.66. The maximum Gasteiger partial charge on any atom is 0.329 e. The molecule has 0 aromatic carbocycles. The van der Waals surface area contributed by atoms with Gasteiger partial charge in [-0.25, -0.2) is 4.79 Å². The number of rotatable bonds is 7. The molecule has 0 aliphatic heterocycles. The average Bonchev–Trinajstić information content (AvgIpc) is 3.26. The van der Waals surface area contributed by atoms with Crippen molar-refractivity contribution in [3.63, 3.8) is 0 Å². The number of hydrogen-bond acceptors (Lipinski definition) is 4. The summed E-state index contributed by atoms with van der Waals surface area (Å²) in [5, 5.41) is 3.66. The van der Waals surface area contributed by atoms with Crippen LogP contribution in [0.15, 0.2) is 0 Å². The summed E-state index contributed by atoms with van der Waals surface area (Å²) in [5.74, 6) is 0.262. The van der Waals surface area contributed by atoms with Crippen LogP contribution >= 0.6 is 0 Å². The molecular weight excluding hydrogens is 254 g/mol. The Kier molecular flexibility index (Phi) is 5.85. The predicted molar refractivity (Wildman–Crippen MR) is 78.6 cm³/mol. The van der Waals surface area contributed by atoms with Gasteiger partial charge >= 0.3 is 5.97 Å². The molecule has 0 heterocycles. The Hall–Kier alpha value is -0.610. The van der Waals surface area contributed by atoms with Gasteiger partial charge in [-0.1, -0.05) is 25.7 Å². The molecule has 0 spiro atoms. The first-order valence-electron chi connectivity index (χ1n) is 8.16. The zero-order valence-electron chi connectivity index (χ0n) is 13.0. The highest BCUT2D eigenvalue weighted by Crippen LogP contribution is 2.41. The zero-order chi connectivity index (χ0) is 14.4. The van der Waals surface area contributed by atoms with E-state index in [0.717, 1.165) is 25.7 Å². The SMILES string of the molecule is CCOC(=O)C(COC)(NC1CCCCCC1)C1CC1. The van der Waals surface area contributed by atoms with Gasteiger partial charge in [0.05, 0.1) is 13.2 Å². The summed E-state index contributed by atoms with van der Waals surface area (Å²) < 4.78 is 10.7. The summed E-state index contributed by atoms with van der Waals surface area (Å²) in [4.78, 5) is 12.5. The van der Waals surface area contributed by atoms with Crippen LogP contribution in [-0.4, -0.2) is 37.9 Å². The second kappa shape index (κ2) is 7.41. The molecule has 0 aromatic heterocycles. The topological polar surface area (TPSA) is 47.6 Å². The van der Waals surface area contributed by atoms with Crippen molar-refractivity contribution in [3.8, 4) is 0 Å². The molecule has 0 saturated heterocycles. The normalized spacial score (nSPS) is 23.9. The molecule has 116 valence electrons. The molecule has 20 heavy (non-hydrogen) atoms. The van der Waals surface area contributed by atoms with Crippen molar-refractivity contribution in [3.05, 3.63) is 0 Å². The van der Waals surface area contributed by atoms with E-state index >= 15 is 0 Å². The summed E-state index contributed by atoms with van der Waals surface area (Å²) in [6, 6.07) is 0.428. The lowest BCUT2D eigenvalue weighted by atomic mass is 9.91. The van der Waals surface area contributed by atoms with E-state index < -0.39 is 5.54 Å². The highest BCUT2D eigenvalue weighted by atomic mass is 16.5. The van der Waals surface area contributed by atoms with Crippen LogP contribution in [0.5, 0.6) is 0 Å². The Morgan fingerprint density at radius 3 is 2.30 bits per heavy atom. The number of nitrogens with one attached hydrogen (secondary N) is 1. The molecule has 1 atom stereocenters. The van der Waals surface area contributed by atoms with Crippen molar-refractivity contribution in [2.45, 2.75) is 69.9 Å². The minimum atomic E-state index is -0.611. The third-order valence-electron chi connectivity index (χ3n) is 4.60. The van der Waals surface area contributed by atoms with Crippen LogP contribution < -0.4 is 5.32 Å². The standard InChI is InChI=1S/C16H29NO3/c1-3-20-15(18)16(12-19-2,13-10-11-13)17-14-8-6-4-5-7-9-14/h13-14,17H,3-12H2,1-2H3. The van der Waals surface area contributed by atoms with Crippen molar-refractivity contribution in [1.82, 2.24) is 5.32 Å². The van der Waals surface area contributed by atoms with E-state index in [1.54, 1.807) is 7.11 Å². The number of methoxy groups -OCH3 is 1. The molecule has 0 aromatic rings. The third kappa shape index (κ3) is 3.73. The van der Waals surface area contributed by atoms with E-state index in [4.69, 9.17) is 9.47 Å². The maximum absolute atomic E-state index is 12.5. The van der Waals surface area contributed by atoms with Gasteiger partial charge in [0.1, 0.15) is 5.54 Å². The molecular formula is C16H29NO3. The van der Waals surface area contributed by atoms with E-state index in [0.29, 0.717) is 25.2 Å².